The minimum atomic E-state index is -3.41. The number of pyridine rings is 1. The molecular weight excluding hydrogens is 360 g/mol. The van der Waals surface area contributed by atoms with Crippen molar-refractivity contribution in [2.75, 3.05) is 43.4 Å². The standard InChI is InChI=1S/C20H28N4O2S/c1-23(18-9-4-2-5-10-18)14-8-13-21-20-12-11-19(17-22-20)27(25,26)24-15-6-3-7-16-24/h2,4-5,9-12,17H,3,6-8,13-16H2,1H3,(H,21,22). The van der Waals surface area contributed by atoms with Crippen LogP contribution in [0.3, 0.4) is 0 Å². The van der Waals surface area contributed by atoms with Crippen LogP contribution in [0.25, 0.3) is 0 Å². The Balaban J connectivity index is 1.48. The van der Waals surface area contributed by atoms with Gasteiger partial charge in [0.25, 0.3) is 0 Å². The Labute approximate surface area is 162 Å². The predicted octanol–water partition coefficient (Wildman–Crippen LogP) is 3.19. The minimum Gasteiger partial charge on any atom is -0.375 e. The number of nitrogens with one attached hydrogen (secondary N) is 1. The van der Waals surface area contributed by atoms with Gasteiger partial charge in [-0.25, -0.2) is 13.4 Å². The molecule has 1 N–H and O–H groups in total. The van der Waals surface area contributed by atoms with Gasteiger partial charge in [-0.2, -0.15) is 4.31 Å². The molecule has 146 valence electrons. The molecule has 2 aromatic rings. The lowest BCUT2D eigenvalue weighted by molar-refractivity contribution is 0.346. The average molecular weight is 389 g/mol. The Morgan fingerprint density at radius 2 is 1.81 bits per heavy atom. The summed E-state index contributed by atoms with van der Waals surface area (Å²) in [4.78, 5) is 6.77. The van der Waals surface area contributed by atoms with E-state index >= 15 is 0 Å². The zero-order valence-corrected chi connectivity index (χ0v) is 16.7. The van der Waals surface area contributed by atoms with Crippen LogP contribution in [0.5, 0.6) is 0 Å². The van der Waals surface area contributed by atoms with Gasteiger partial charge in [-0.15, -0.1) is 0 Å². The number of sulfonamides is 1. The van der Waals surface area contributed by atoms with Crippen molar-refractivity contribution in [1.82, 2.24) is 9.29 Å². The van der Waals surface area contributed by atoms with Gasteiger partial charge >= 0.3 is 0 Å². The molecule has 0 radical (unpaired) electrons. The number of hydrogen-bond donors (Lipinski definition) is 1. The molecule has 0 unspecified atom stereocenters. The quantitative estimate of drug-likeness (QED) is 0.704. The topological polar surface area (TPSA) is 65.5 Å². The molecule has 1 aliphatic heterocycles. The molecule has 0 amide bonds. The number of hydrogen-bond acceptors (Lipinski definition) is 5. The molecule has 7 heteroatoms. The zero-order chi connectivity index (χ0) is 19.1. The number of aromatic nitrogens is 1. The van der Waals surface area contributed by atoms with Crippen molar-refractivity contribution < 1.29 is 8.42 Å². The SMILES string of the molecule is CN(CCCNc1ccc(S(=O)(=O)N2CCCCC2)cn1)c1ccccc1. The van der Waals surface area contributed by atoms with Crippen molar-refractivity contribution >= 4 is 21.5 Å². The zero-order valence-electron chi connectivity index (χ0n) is 15.8. The summed E-state index contributed by atoms with van der Waals surface area (Å²) in [5.74, 6) is 0.704. The lowest BCUT2D eigenvalue weighted by Gasteiger charge is -2.25. The largest absolute Gasteiger partial charge is 0.375 e. The van der Waals surface area contributed by atoms with E-state index in [0.717, 1.165) is 38.8 Å². The molecule has 1 saturated heterocycles. The Kier molecular flexibility index (Phi) is 6.68. The smallest absolute Gasteiger partial charge is 0.244 e. The van der Waals surface area contributed by atoms with Crippen molar-refractivity contribution in [3.63, 3.8) is 0 Å². The van der Waals surface area contributed by atoms with Crippen LogP contribution < -0.4 is 10.2 Å². The maximum Gasteiger partial charge on any atom is 0.244 e. The number of rotatable bonds is 8. The number of anilines is 2. The second kappa shape index (κ2) is 9.19. The Bertz CT molecular complexity index is 804. The number of benzene rings is 1. The molecule has 27 heavy (non-hydrogen) atoms. The van der Waals surface area contributed by atoms with Crippen LogP contribution in [0.2, 0.25) is 0 Å². The van der Waals surface area contributed by atoms with E-state index in [1.807, 2.05) is 18.2 Å². The number of para-hydroxylation sites is 1. The van der Waals surface area contributed by atoms with Gasteiger partial charge in [0.2, 0.25) is 10.0 Å². The second-order valence-corrected chi connectivity index (χ2v) is 8.82. The highest BCUT2D eigenvalue weighted by Crippen LogP contribution is 2.20. The first-order chi connectivity index (χ1) is 13.1. The molecule has 0 saturated carbocycles. The summed E-state index contributed by atoms with van der Waals surface area (Å²) in [6.07, 6.45) is 5.39. The lowest BCUT2D eigenvalue weighted by Crippen LogP contribution is -2.35. The molecule has 2 heterocycles. The van der Waals surface area contributed by atoms with E-state index in [1.165, 1.54) is 11.9 Å². The van der Waals surface area contributed by atoms with Crippen molar-refractivity contribution in [1.29, 1.82) is 0 Å². The molecule has 0 spiro atoms. The Hall–Kier alpha value is -2.12. The van der Waals surface area contributed by atoms with Gasteiger partial charge in [0.1, 0.15) is 10.7 Å². The molecule has 6 nitrogen and oxygen atoms in total. The van der Waals surface area contributed by atoms with E-state index in [1.54, 1.807) is 16.4 Å². The fourth-order valence-corrected chi connectivity index (χ4v) is 4.70. The normalized spacial score (nSPS) is 15.4. The molecule has 1 aromatic carbocycles. The Morgan fingerprint density at radius 3 is 2.48 bits per heavy atom. The van der Waals surface area contributed by atoms with E-state index in [4.69, 9.17) is 0 Å². The van der Waals surface area contributed by atoms with Crippen LogP contribution in [-0.4, -0.2) is 50.9 Å². The van der Waals surface area contributed by atoms with Crippen LogP contribution >= 0.6 is 0 Å². The summed E-state index contributed by atoms with van der Waals surface area (Å²) in [5, 5.41) is 3.26. The van der Waals surface area contributed by atoms with Crippen molar-refractivity contribution in [2.45, 2.75) is 30.6 Å². The second-order valence-electron chi connectivity index (χ2n) is 6.88. The molecule has 1 fully saturated rings. The van der Waals surface area contributed by atoms with Crippen molar-refractivity contribution in [2.24, 2.45) is 0 Å². The van der Waals surface area contributed by atoms with Crippen molar-refractivity contribution in [3.05, 3.63) is 48.7 Å². The van der Waals surface area contributed by atoms with E-state index in [-0.39, 0.29) is 4.90 Å². The van der Waals surface area contributed by atoms with Gasteiger partial charge in [-0.3, -0.25) is 0 Å². The van der Waals surface area contributed by atoms with E-state index in [0.29, 0.717) is 18.9 Å². The summed E-state index contributed by atoms with van der Waals surface area (Å²) in [6, 6.07) is 13.7. The number of nitrogens with zero attached hydrogens (tertiary/aromatic N) is 3. The minimum absolute atomic E-state index is 0.277. The fraction of sp³-hybridized carbons (Fsp3) is 0.450. The first-order valence-electron chi connectivity index (χ1n) is 9.53. The summed E-state index contributed by atoms with van der Waals surface area (Å²) in [7, 11) is -1.33. The number of piperidine rings is 1. The lowest BCUT2D eigenvalue weighted by atomic mass is 10.2. The first-order valence-corrected chi connectivity index (χ1v) is 11.0. The monoisotopic (exact) mass is 388 g/mol. The van der Waals surface area contributed by atoms with Crippen molar-refractivity contribution in [3.8, 4) is 0 Å². The molecule has 0 bridgehead atoms. The highest BCUT2D eigenvalue weighted by Gasteiger charge is 2.26. The molecular formula is C20H28N4O2S. The van der Waals surface area contributed by atoms with Gasteiger partial charge in [0.15, 0.2) is 0 Å². The third-order valence-electron chi connectivity index (χ3n) is 4.86. The summed E-state index contributed by atoms with van der Waals surface area (Å²) >= 11 is 0. The summed E-state index contributed by atoms with van der Waals surface area (Å²) < 4.78 is 26.8. The maximum absolute atomic E-state index is 12.6. The third kappa shape index (κ3) is 5.20. The van der Waals surface area contributed by atoms with Crippen LogP contribution in [0.4, 0.5) is 11.5 Å². The van der Waals surface area contributed by atoms with Gasteiger partial charge in [0, 0.05) is 45.1 Å². The van der Waals surface area contributed by atoms with Crippen LogP contribution in [0.1, 0.15) is 25.7 Å². The molecule has 1 aliphatic rings. The molecule has 0 atom stereocenters. The highest BCUT2D eigenvalue weighted by molar-refractivity contribution is 7.89. The molecule has 3 rings (SSSR count). The third-order valence-corrected chi connectivity index (χ3v) is 6.74. The van der Waals surface area contributed by atoms with E-state index in [2.05, 4.69) is 34.4 Å². The van der Waals surface area contributed by atoms with Gasteiger partial charge in [-0.1, -0.05) is 24.6 Å². The highest BCUT2D eigenvalue weighted by atomic mass is 32.2. The van der Waals surface area contributed by atoms with Gasteiger partial charge in [-0.05, 0) is 43.5 Å². The van der Waals surface area contributed by atoms with E-state index in [9.17, 15) is 8.42 Å². The van der Waals surface area contributed by atoms with Crippen LogP contribution in [-0.2, 0) is 10.0 Å². The maximum atomic E-state index is 12.6. The summed E-state index contributed by atoms with van der Waals surface area (Å²) in [6.45, 7) is 2.93. The molecule has 1 aromatic heterocycles. The first kappa shape index (κ1) is 19.6. The van der Waals surface area contributed by atoms with Gasteiger partial charge < -0.3 is 10.2 Å². The fourth-order valence-electron chi connectivity index (χ4n) is 3.24. The molecule has 0 aliphatic carbocycles. The van der Waals surface area contributed by atoms with Crippen LogP contribution in [0, 0.1) is 0 Å². The Morgan fingerprint density at radius 1 is 1.07 bits per heavy atom. The van der Waals surface area contributed by atoms with Crippen LogP contribution in [0.15, 0.2) is 53.6 Å². The van der Waals surface area contributed by atoms with Gasteiger partial charge in [0.05, 0.1) is 0 Å². The predicted molar refractivity (Wildman–Crippen MR) is 110 cm³/mol. The average Bonchev–Trinajstić information content (AvgIpc) is 2.72. The summed E-state index contributed by atoms with van der Waals surface area (Å²) in [5.41, 5.74) is 1.20. The van der Waals surface area contributed by atoms with E-state index < -0.39 is 10.0 Å².